The Morgan fingerprint density at radius 1 is 1.11 bits per heavy atom. The Morgan fingerprint density at radius 3 is 2.53 bits per heavy atom. The first-order valence-corrected chi connectivity index (χ1v) is 7.91. The first-order chi connectivity index (χ1) is 9.33. The van der Waals surface area contributed by atoms with Gasteiger partial charge in [0, 0.05) is 32.2 Å². The fourth-order valence-corrected chi connectivity index (χ4v) is 3.30. The van der Waals surface area contributed by atoms with Gasteiger partial charge in [-0.3, -0.25) is 4.79 Å². The summed E-state index contributed by atoms with van der Waals surface area (Å²) in [6.45, 7) is 4.88. The van der Waals surface area contributed by atoms with Gasteiger partial charge in [-0.1, -0.05) is 0 Å². The molecule has 1 aliphatic carbocycles. The average Bonchev–Trinajstić information content (AvgIpc) is 3.14. The summed E-state index contributed by atoms with van der Waals surface area (Å²) in [5.74, 6) is 1.64. The summed E-state index contributed by atoms with van der Waals surface area (Å²) >= 11 is 0. The normalized spacial score (nSPS) is 28.5. The van der Waals surface area contributed by atoms with E-state index in [4.69, 9.17) is 4.74 Å². The summed E-state index contributed by atoms with van der Waals surface area (Å²) in [5.41, 5.74) is 0. The van der Waals surface area contributed by atoms with Gasteiger partial charge in [-0.05, 0) is 57.0 Å². The van der Waals surface area contributed by atoms with Crippen molar-refractivity contribution in [1.82, 2.24) is 10.2 Å². The predicted molar refractivity (Wildman–Crippen MR) is 73.9 cm³/mol. The van der Waals surface area contributed by atoms with E-state index in [0.29, 0.717) is 23.8 Å². The molecular weight excluding hydrogens is 240 g/mol. The fraction of sp³-hybridized carbons (Fsp3) is 0.933. The molecule has 4 nitrogen and oxygen atoms in total. The Balaban J connectivity index is 1.51. The highest BCUT2D eigenvalue weighted by Gasteiger charge is 2.35. The molecule has 1 amide bonds. The van der Waals surface area contributed by atoms with Crippen molar-refractivity contribution in [2.24, 2.45) is 11.8 Å². The van der Waals surface area contributed by atoms with Crippen LogP contribution in [0, 0.1) is 11.8 Å². The average molecular weight is 266 g/mol. The zero-order chi connectivity index (χ0) is 13.1. The second kappa shape index (κ2) is 6.23. The molecule has 19 heavy (non-hydrogen) atoms. The van der Waals surface area contributed by atoms with Gasteiger partial charge in [0.2, 0.25) is 5.91 Å². The molecule has 2 aliphatic heterocycles. The molecule has 0 unspecified atom stereocenters. The lowest BCUT2D eigenvalue weighted by Crippen LogP contribution is -2.39. The van der Waals surface area contributed by atoms with Crippen LogP contribution in [-0.2, 0) is 9.53 Å². The van der Waals surface area contributed by atoms with Gasteiger partial charge in [0.15, 0.2) is 0 Å². The first-order valence-electron chi connectivity index (χ1n) is 7.91. The Kier molecular flexibility index (Phi) is 4.38. The molecule has 2 heterocycles. The predicted octanol–water partition coefficient (Wildman–Crippen LogP) is 1.40. The molecule has 3 aliphatic rings. The molecule has 4 heteroatoms. The standard InChI is InChI=1S/C15H26N2O2/c18-15(9-12-4-7-19-8-5-12)17(14-1-2-14)11-13-3-6-16-10-13/h12-14,16H,1-11H2/t13-/m0/s1. The van der Waals surface area contributed by atoms with Gasteiger partial charge in [0.25, 0.3) is 0 Å². The van der Waals surface area contributed by atoms with Gasteiger partial charge in [0.1, 0.15) is 0 Å². The van der Waals surface area contributed by atoms with Crippen LogP contribution in [0.4, 0.5) is 0 Å². The number of carbonyl (C=O) groups excluding carboxylic acids is 1. The highest BCUT2D eigenvalue weighted by molar-refractivity contribution is 5.77. The lowest BCUT2D eigenvalue weighted by Gasteiger charge is -2.28. The Labute approximate surface area is 115 Å². The highest BCUT2D eigenvalue weighted by Crippen LogP contribution is 2.30. The van der Waals surface area contributed by atoms with Crippen LogP contribution in [0.15, 0.2) is 0 Å². The third-order valence-electron chi connectivity index (χ3n) is 4.73. The van der Waals surface area contributed by atoms with Crippen LogP contribution in [0.1, 0.15) is 38.5 Å². The second-order valence-electron chi connectivity index (χ2n) is 6.40. The first kappa shape index (κ1) is 13.4. The Bertz CT molecular complexity index is 305. The maximum absolute atomic E-state index is 12.5. The minimum atomic E-state index is 0.404. The van der Waals surface area contributed by atoms with Crippen LogP contribution >= 0.6 is 0 Å². The van der Waals surface area contributed by atoms with E-state index in [0.717, 1.165) is 52.1 Å². The van der Waals surface area contributed by atoms with Crippen LogP contribution < -0.4 is 5.32 Å². The number of hydrogen-bond donors (Lipinski definition) is 1. The molecule has 1 saturated carbocycles. The third kappa shape index (κ3) is 3.69. The molecule has 1 atom stereocenters. The van der Waals surface area contributed by atoms with E-state index in [1.165, 1.54) is 19.3 Å². The van der Waals surface area contributed by atoms with E-state index in [-0.39, 0.29) is 0 Å². The van der Waals surface area contributed by atoms with Crippen molar-refractivity contribution in [2.75, 3.05) is 32.8 Å². The molecule has 0 aromatic rings. The number of ether oxygens (including phenoxy) is 1. The van der Waals surface area contributed by atoms with Crippen LogP contribution in [0.2, 0.25) is 0 Å². The summed E-state index contributed by atoms with van der Waals surface area (Å²) in [6.07, 6.45) is 6.55. The molecule has 3 fully saturated rings. The van der Waals surface area contributed by atoms with Crippen molar-refractivity contribution in [3.63, 3.8) is 0 Å². The lowest BCUT2D eigenvalue weighted by atomic mass is 9.95. The van der Waals surface area contributed by atoms with Crippen molar-refractivity contribution in [2.45, 2.75) is 44.6 Å². The van der Waals surface area contributed by atoms with Gasteiger partial charge in [-0.25, -0.2) is 0 Å². The van der Waals surface area contributed by atoms with Gasteiger partial charge in [0.05, 0.1) is 0 Å². The molecule has 0 bridgehead atoms. The van der Waals surface area contributed by atoms with Crippen LogP contribution in [0.3, 0.4) is 0 Å². The molecular formula is C15H26N2O2. The van der Waals surface area contributed by atoms with Gasteiger partial charge in [-0.15, -0.1) is 0 Å². The van der Waals surface area contributed by atoms with E-state index < -0.39 is 0 Å². The van der Waals surface area contributed by atoms with Crippen molar-refractivity contribution in [3.8, 4) is 0 Å². The van der Waals surface area contributed by atoms with Crippen molar-refractivity contribution >= 4 is 5.91 Å². The number of nitrogens with one attached hydrogen (secondary N) is 1. The van der Waals surface area contributed by atoms with Crippen molar-refractivity contribution in [1.29, 1.82) is 0 Å². The van der Waals surface area contributed by atoms with Crippen LogP contribution in [0.25, 0.3) is 0 Å². The van der Waals surface area contributed by atoms with E-state index in [2.05, 4.69) is 10.2 Å². The summed E-state index contributed by atoms with van der Waals surface area (Å²) in [4.78, 5) is 14.7. The third-order valence-corrected chi connectivity index (χ3v) is 4.73. The van der Waals surface area contributed by atoms with Gasteiger partial charge < -0.3 is 15.0 Å². The minimum absolute atomic E-state index is 0.404. The molecule has 0 aromatic carbocycles. The van der Waals surface area contributed by atoms with E-state index in [1.807, 2.05) is 0 Å². The van der Waals surface area contributed by atoms with E-state index >= 15 is 0 Å². The minimum Gasteiger partial charge on any atom is -0.381 e. The van der Waals surface area contributed by atoms with Crippen LogP contribution in [0.5, 0.6) is 0 Å². The summed E-state index contributed by atoms with van der Waals surface area (Å²) in [7, 11) is 0. The number of nitrogens with zero attached hydrogens (tertiary/aromatic N) is 1. The van der Waals surface area contributed by atoms with E-state index in [9.17, 15) is 4.79 Å². The number of rotatable bonds is 5. The summed E-state index contributed by atoms with van der Waals surface area (Å²) in [5, 5.41) is 3.40. The number of hydrogen-bond acceptors (Lipinski definition) is 3. The van der Waals surface area contributed by atoms with Crippen molar-refractivity contribution in [3.05, 3.63) is 0 Å². The smallest absolute Gasteiger partial charge is 0.223 e. The zero-order valence-electron chi connectivity index (χ0n) is 11.8. The quantitative estimate of drug-likeness (QED) is 0.818. The summed E-state index contributed by atoms with van der Waals surface area (Å²) < 4.78 is 5.38. The molecule has 2 saturated heterocycles. The monoisotopic (exact) mass is 266 g/mol. The topological polar surface area (TPSA) is 41.6 Å². The molecule has 0 aromatic heterocycles. The number of carbonyl (C=O) groups is 1. The fourth-order valence-electron chi connectivity index (χ4n) is 3.30. The molecule has 1 N–H and O–H groups in total. The van der Waals surface area contributed by atoms with Gasteiger partial charge in [-0.2, -0.15) is 0 Å². The SMILES string of the molecule is O=C(CC1CCOCC1)N(C[C@H]1CCNC1)C1CC1. The largest absolute Gasteiger partial charge is 0.381 e. The lowest BCUT2D eigenvalue weighted by molar-refractivity contribution is -0.134. The Hall–Kier alpha value is -0.610. The molecule has 108 valence electrons. The maximum Gasteiger partial charge on any atom is 0.223 e. The van der Waals surface area contributed by atoms with Gasteiger partial charge >= 0.3 is 0 Å². The highest BCUT2D eigenvalue weighted by atomic mass is 16.5. The number of amides is 1. The zero-order valence-corrected chi connectivity index (χ0v) is 11.8. The molecule has 0 spiro atoms. The van der Waals surface area contributed by atoms with Crippen LogP contribution in [-0.4, -0.2) is 49.7 Å². The summed E-state index contributed by atoms with van der Waals surface area (Å²) in [6, 6.07) is 0.563. The second-order valence-corrected chi connectivity index (χ2v) is 6.40. The molecule has 0 radical (unpaired) electrons. The van der Waals surface area contributed by atoms with E-state index in [1.54, 1.807) is 0 Å². The molecule has 3 rings (SSSR count). The maximum atomic E-state index is 12.5. The Morgan fingerprint density at radius 2 is 1.89 bits per heavy atom. The van der Waals surface area contributed by atoms with Crippen molar-refractivity contribution < 1.29 is 9.53 Å².